The molecule has 4 nitrogen and oxygen atoms in total. The molecule has 1 aromatic heterocycles. The van der Waals surface area contributed by atoms with Crippen LogP contribution in [0.3, 0.4) is 0 Å². The third-order valence-electron chi connectivity index (χ3n) is 4.16. The highest BCUT2D eigenvalue weighted by molar-refractivity contribution is 7.99. The van der Waals surface area contributed by atoms with Gasteiger partial charge in [-0.2, -0.15) is 16.9 Å². The second-order valence-corrected chi connectivity index (χ2v) is 6.79. The molecule has 2 atom stereocenters. The number of ether oxygens (including phenoxy) is 1. The summed E-state index contributed by atoms with van der Waals surface area (Å²) >= 11 is 2.03. The number of aromatic nitrogens is 2. The number of hydrogen-bond acceptors (Lipinski definition) is 4. The van der Waals surface area contributed by atoms with E-state index < -0.39 is 0 Å². The van der Waals surface area contributed by atoms with E-state index in [1.54, 1.807) is 0 Å². The second-order valence-electron chi connectivity index (χ2n) is 5.68. The molecule has 2 fully saturated rings. The fourth-order valence-corrected chi connectivity index (χ4v) is 4.53. The molecule has 0 bridgehead atoms. The van der Waals surface area contributed by atoms with E-state index in [2.05, 4.69) is 23.5 Å². The highest BCUT2D eigenvalue weighted by Gasteiger charge is 2.40. The fourth-order valence-electron chi connectivity index (χ4n) is 3.15. The minimum atomic E-state index is 0.148. The molecule has 3 heterocycles. The van der Waals surface area contributed by atoms with Gasteiger partial charge in [0.15, 0.2) is 0 Å². The number of rotatable bonds is 3. The molecule has 5 heteroatoms. The van der Waals surface area contributed by atoms with Crippen molar-refractivity contribution in [3.63, 3.8) is 0 Å². The van der Waals surface area contributed by atoms with Crippen LogP contribution in [-0.4, -0.2) is 39.5 Å². The van der Waals surface area contributed by atoms with Crippen LogP contribution >= 0.6 is 11.8 Å². The van der Waals surface area contributed by atoms with Crippen LogP contribution in [0.15, 0.2) is 6.20 Å². The van der Waals surface area contributed by atoms with Crippen molar-refractivity contribution in [2.75, 3.05) is 23.4 Å². The summed E-state index contributed by atoms with van der Waals surface area (Å²) in [7, 11) is 1.99. The lowest BCUT2D eigenvalue weighted by Crippen LogP contribution is -2.44. The molecule has 19 heavy (non-hydrogen) atoms. The molecular formula is C14H23N3OS. The Hall–Kier alpha value is -0.680. The van der Waals surface area contributed by atoms with Crippen LogP contribution in [0.5, 0.6) is 0 Å². The Morgan fingerprint density at radius 2 is 2.53 bits per heavy atom. The Kier molecular flexibility index (Phi) is 3.76. The van der Waals surface area contributed by atoms with E-state index in [-0.39, 0.29) is 5.60 Å². The normalized spacial score (nSPS) is 30.9. The summed E-state index contributed by atoms with van der Waals surface area (Å²) in [6.07, 6.45) is 6.53. The summed E-state index contributed by atoms with van der Waals surface area (Å²) in [6, 6.07) is 0.530. The summed E-state index contributed by atoms with van der Waals surface area (Å²) in [5.41, 5.74) is 2.52. The smallest absolute Gasteiger partial charge is 0.0853 e. The molecule has 0 aromatic carbocycles. The largest absolute Gasteiger partial charge is 0.379 e. The Morgan fingerprint density at radius 3 is 3.26 bits per heavy atom. The molecule has 2 aliphatic rings. The first-order chi connectivity index (χ1) is 9.21. The average molecular weight is 281 g/mol. The number of nitrogens with one attached hydrogen (secondary N) is 1. The highest BCUT2D eigenvalue weighted by atomic mass is 32.2. The molecule has 2 aliphatic heterocycles. The lowest BCUT2D eigenvalue weighted by Gasteiger charge is -2.38. The first kappa shape index (κ1) is 13.3. The zero-order valence-electron chi connectivity index (χ0n) is 11.8. The Bertz CT molecular complexity index is 440. The average Bonchev–Trinajstić information content (AvgIpc) is 2.97. The van der Waals surface area contributed by atoms with E-state index >= 15 is 0 Å². The number of nitrogens with zero attached hydrogens (tertiary/aromatic N) is 2. The van der Waals surface area contributed by atoms with E-state index in [4.69, 9.17) is 4.74 Å². The van der Waals surface area contributed by atoms with Gasteiger partial charge in [0.2, 0.25) is 0 Å². The summed E-state index contributed by atoms with van der Waals surface area (Å²) in [5, 5.41) is 8.20. The molecule has 106 valence electrons. The van der Waals surface area contributed by atoms with Crippen molar-refractivity contribution >= 4 is 17.4 Å². The number of hydrogen-bond donors (Lipinski definition) is 1. The fraction of sp³-hybridized carbons (Fsp3) is 0.786. The maximum Gasteiger partial charge on any atom is 0.0853 e. The standard InChI is InChI=1S/C14H23N3OS/c1-3-12-13(9-17(2)16-12)15-11-4-6-18-14(8-11)5-7-19-10-14/h9,11,15H,3-8,10H2,1-2H3. The van der Waals surface area contributed by atoms with Crippen LogP contribution in [0.4, 0.5) is 5.69 Å². The van der Waals surface area contributed by atoms with Gasteiger partial charge in [0.05, 0.1) is 17.0 Å². The van der Waals surface area contributed by atoms with Gasteiger partial charge in [0, 0.05) is 31.6 Å². The van der Waals surface area contributed by atoms with Crippen LogP contribution < -0.4 is 5.32 Å². The lowest BCUT2D eigenvalue weighted by molar-refractivity contribution is -0.0628. The van der Waals surface area contributed by atoms with Gasteiger partial charge < -0.3 is 10.1 Å². The van der Waals surface area contributed by atoms with Gasteiger partial charge in [-0.25, -0.2) is 0 Å². The monoisotopic (exact) mass is 281 g/mol. The van der Waals surface area contributed by atoms with Gasteiger partial charge in [0.25, 0.3) is 0 Å². The molecule has 1 N–H and O–H groups in total. The topological polar surface area (TPSA) is 39.1 Å². The van der Waals surface area contributed by atoms with Crippen LogP contribution in [0.25, 0.3) is 0 Å². The summed E-state index contributed by atoms with van der Waals surface area (Å²) in [6.45, 7) is 3.05. The molecule has 0 saturated carbocycles. The summed E-state index contributed by atoms with van der Waals surface area (Å²) < 4.78 is 7.98. The molecule has 0 amide bonds. The van der Waals surface area contributed by atoms with Gasteiger partial charge in [-0.15, -0.1) is 0 Å². The zero-order valence-corrected chi connectivity index (χ0v) is 12.6. The van der Waals surface area contributed by atoms with Crippen molar-refractivity contribution in [1.82, 2.24) is 9.78 Å². The molecule has 1 spiro atoms. The quantitative estimate of drug-likeness (QED) is 0.924. The first-order valence-electron chi connectivity index (χ1n) is 7.21. The van der Waals surface area contributed by atoms with Crippen LogP contribution in [0, 0.1) is 0 Å². The molecule has 2 saturated heterocycles. The Morgan fingerprint density at radius 1 is 1.63 bits per heavy atom. The van der Waals surface area contributed by atoms with Crippen molar-refractivity contribution in [2.45, 2.75) is 44.2 Å². The molecule has 3 rings (SSSR count). The van der Waals surface area contributed by atoms with E-state index in [0.717, 1.165) is 25.9 Å². The number of aryl methyl sites for hydroxylation is 2. The van der Waals surface area contributed by atoms with E-state index in [0.29, 0.717) is 6.04 Å². The Labute approximate surface area is 119 Å². The van der Waals surface area contributed by atoms with E-state index in [9.17, 15) is 0 Å². The third-order valence-corrected chi connectivity index (χ3v) is 5.38. The summed E-state index contributed by atoms with van der Waals surface area (Å²) in [4.78, 5) is 0. The minimum Gasteiger partial charge on any atom is -0.379 e. The molecule has 0 radical (unpaired) electrons. The molecule has 1 aromatic rings. The summed E-state index contributed by atoms with van der Waals surface area (Å²) in [5.74, 6) is 2.42. The SMILES string of the molecule is CCc1nn(C)cc1NC1CCOC2(CCSC2)C1. The third kappa shape index (κ3) is 2.77. The van der Waals surface area contributed by atoms with Gasteiger partial charge in [0.1, 0.15) is 0 Å². The van der Waals surface area contributed by atoms with Crippen LogP contribution in [0.1, 0.15) is 31.9 Å². The molecular weight excluding hydrogens is 258 g/mol. The number of thioether (sulfide) groups is 1. The highest BCUT2D eigenvalue weighted by Crippen LogP contribution is 2.39. The van der Waals surface area contributed by atoms with E-state index in [1.807, 2.05) is 23.5 Å². The predicted octanol–water partition coefficient (Wildman–Crippen LogP) is 2.45. The van der Waals surface area contributed by atoms with Crippen molar-refractivity contribution in [1.29, 1.82) is 0 Å². The van der Waals surface area contributed by atoms with Gasteiger partial charge in [-0.1, -0.05) is 6.92 Å². The van der Waals surface area contributed by atoms with Crippen molar-refractivity contribution in [2.24, 2.45) is 7.05 Å². The van der Waals surface area contributed by atoms with Crippen molar-refractivity contribution in [3.05, 3.63) is 11.9 Å². The molecule has 2 unspecified atom stereocenters. The predicted molar refractivity (Wildman–Crippen MR) is 79.9 cm³/mol. The van der Waals surface area contributed by atoms with Crippen LogP contribution in [0.2, 0.25) is 0 Å². The van der Waals surface area contributed by atoms with Gasteiger partial charge in [-0.3, -0.25) is 4.68 Å². The van der Waals surface area contributed by atoms with Crippen molar-refractivity contribution < 1.29 is 4.74 Å². The molecule has 0 aliphatic carbocycles. The van der Waals surface area contributed by atoms with Crippen LogP contribution in [-0.2, 0) is 18.2 Å². The minimum absolute atomic E-state index is 0.148. The van der Waals surface area contributed by atoms with Crippen molar-refractivity contribution in [3.8, 4) is 0 Å². The maximum atomic E-state index is 6.07. The Balaban J connectivity index is 1.69. The lowest BCUT2D eigenvalue weighted by atomic mass is 9.90. The van der Waals surface area contributed by atoms with E-state index in [1.165, 1.54) is 29.3 Å². The zero-order chi connectivity index (χ0) is 13.3. The van der Waals surface area contributed by atoms with Gasteiger partial charge >= 0.3 is 0 Å². The first-order valence-corrected chi connectivity index (χ1v) is 8.37. The van der Waals surface area contributed by atoms with Gasteiger partial charge in [-0.05, 0) is 31.4 Å². The maximum absolute atomic E-state index is 6.07. The second kappa shape index (κ2) is 5.37. The number of anilines is 1.